The Bertz CT molecular complexity index is 267. The number of carbonyl (C=O) groups is 1. The number of amides is 2. The Labute approximate surface area is 117 Å². The van der Waals surface area contributed by atoms with Crippen LogP contribution in [0.1, 0.15) is 52.9 Å². The van der Waals surface area contributed by atoms with Crippen molar-refractivity contribution < 1.29 is 9.90 Å². The number of piperidine rings is 1. The van der Waals surface area contributed by atoms with Crippen molar-refractivity contribution in [2.45, 2.75) is 59.0 Å². The van der Waals surface area contributed by atoms with Crippen molar-refractivity contribution in [3.8, 4) is 0 Å². The number of carbonyl (C=O) groups excluding carboxylic acids is 1. The molecule has 0 aromatic heterocycles. The van der Waals surface area contributed by atoms with Crippen molar-refractivity contribution >= 4 is 6.03 Å². The molecule has 2 N–H and O–H groups in total. The number of rotatable bonds is 6. The van der Waals surface area contributed by atoms with Gasteiger partial charge in [-0.2, -0.15) is 0 Å². The Kier molecular flexibility index (Phi) is 7.21. The molecule has 0 saturated carbocycles. The summed E-state index contributed by atoms with van der Waals surface area (Å²) in [6.45, 7) is 8.54. The predicted molar refractivity (Wildman–Crippen MR) is 78.1 cm³/mol. The van der Waals surface area contributed by atoms with Crippen molar-refractivity contribution in [3.63, 3.8) is 0 Å². The molecule has 0 aromatic rings. The summed E-state index contributed by atoms with van der Waals surface area (Å²) in [7, 11) is 0. The Hall–Kier alpha value is -0.770. The van der Waals surface area contributed by atoms with Crippen LogP contribution < -0.4 is 5.32 Å². The lowest BCUT2D eigenvalue weighted by molar-refractivity contribution is 0.0739. The van der Waals surface area contributed by atoms with Gasteiger partial charge in [0.2, 0.25) is 0 Å². The van der Waals surface area contributed by atoms with Gasteiger partial charge in [0.05, 0.1) is 6.10 Å². The van der Waals surface area contributed by atoms with Crippen LogP contribution in [0.15, 0.2) is 0 Å². The lowest BCUT2D eigenvalue weighted by Gasteiger charge is -2.34. The van der Waals surface area contributed by atoms with Crippen molar-refractivity contribution in [2.24, 2.45) is 11.8 Å². The molecule has 1 aliphatic rings. The monoisotopic (exact) mass is 270 g/mol. The molecule has 112 valence electrons. The SMILES string of the molecule is CC(C)CCCCNC(=O)N1CCCC(C(C)O)C1. The summed E-state index contributed by atoms with van der Waals surface area (Å²) in [5.74, 6) is 0.977. The lowest BCUT2D eigenvalue weighted by atomic mass is 9.94. The smallest absolute Gasteiger partial charge is 0.317 e. The molecule has 1 heterocycles. The molecule has 1 fully saturated rings. The Morgan fingerprint density at radius 1 is 1.37 bits per heavy atom. The molecule has 1 saturated heterocycles. The molecular weight excluding hydrogens is 240 g/mol. The zero-order valence-corrected chi connectivity index (χ0v) is 12.7. The number of unbranched alkanes of at least 4 members (excludes halogenated alkanes) is 1. The van der Waals surface area contributed by atoms with Gasteiger partial charge in [0.25, 0.3) is 0 Å². The molecule has 1 rings (SSSR count). The van der Waals surface area contributed by atoms with Crippen molar-refractivity contribution in [1.29, 1.82) is 0 Å². The summed E-state index contributed by atoms with van der Waals surface area (Å²) in [5.41, 5.74) is 0. The average Bonchev–Trinajstić information content (AvgIpc) is 2.37. The molecule has 0 aliphatic carbocycles. The van der Waals surface area contributed by atoms with Gasteiger partial charge in [0.15, 0.2) is 0 Å². The van der Waals surface area contributed by atoms with Crippen LogP contribution >= 0.6 is 0 Å². The molecule has 4 nitrogen and oxygen atoms in total. The van der Waals surface area contributed by atoms with E-state index in [4.69, 9.17) is 0 Å². The normalized spacial score (nSPS) is 21.5. The topological polar surface area (TPSA) is 52.6 Å². The van der Waals surface area contributed by atoms with E-state index in [1.807, 2.05) is 11.8 Å². The highest BCUT2D eigenvalue weighted by Crippen LogP contribution is 2.19. The van der Waals surface area contributed by atoms with Gasteiger partial charge in [0.1, 0.15) is 0 Å². The van der Waals surface area contributed by atoms with Crippen LogP contribution in [0.4, 0.5) is 4.79 Å². The molecule has 2 amide bonds. The average molecular weight is 270 g/mol. The molecule has 0 bridgehead atoms. The Morgan fingerprint density at radius 3 is 2.74 bits per heavy atom. The van der Waals surface area contributed by atoms with E-state index >= 15 is 0 Å². The van der Waals surface area contributed by atoms with Gasteiger partial charge < -0.3 is 15.3 Å². The van der Waals surface area contributed by atoms with Gasteiger partial charge in [-0.1, -0.05) is 26.7 Å². The molecule has 1 aliphatic heterocycles. The molecule has 4 heteroatoms. The fourth-order valence-corrected chi connectivity index (χ4v) is 2.57. The van der Waals surface area contributed by atoms with Crippen LogP contribution in [0, 0.1) is 11.8 Å². The third-order valence-corrected chi connectivity index (χ3v) is 3.91. The van der Waals surface area contributed by atoms with Crippen LogP contribution in [0.5, 0.6) is 0 Å². The lowest BCUT2D eigenvalue weighted by Crippen LogP contribution is -2.47. The maximum Gasteiger partial charge on any atom is 0.317 e. The second kappa shape index (κ2) is 8.41. The van der Waals surface area contributed by atoms with E-state index in [0.29, 0.717) is 6.54 Å². The second-order valence-electron chi connectivity index (χ2n) is 6.21. The first-order valence-electron chi connectivity index (χ1n) is 7.71. The van der Waals surface area contributed by atoms with E-state index in [9.17, 15) is 9.90 Å². The van der Waals surface area contributed by atoms with E-state index in [1.165, 1.54) is 12.8 Å². The third-order valence-electron chi connectivity index (χ3n) is 3.91. The van der Waals surface area contributed by atoms with E-state index in [1.54, 1.807) is 0 Å². The maximum absolute atomic E-state index is 12.0. The van der Waals surface area contributed by atoms with Crippen molar-refractivity contribution in [3.05, 3.63) is 0 Å². The van der Waals surface area contributed by atoms with E-state index in [-0.39, 0.29) is 18.1 Å². The number of hydrogen-bond acceptors (Lipinski definition) is 2. The van der Waals surface area contributed by atoms with E-state index in [2.05, 4.69) is 19.2 Å². The van der Waals surface area contributed by atoms with Crippen LogP contribution in [0.3, 0.4) is 0 Å². The van der Waals surface area contributed by atoms with Gasteiger partial charge in [-0.15, -0.1) is 0 Å². The highest BCUT2D eigenvalue weighted by atomic mass is 16.3. The molecule has 0 radical (unpaired) electrons. The standard InChI is InChI=1S/C15H30N2O2/c1-12(2)7-4-5-9-16-15(19)17-10-6-8-14(11-17)13(3)18/h12-14,18H,4-11H2,1-3H3,(H,16,19). The zero-order chi connectivity index (χ0) is 14.3. The fourth-order valence-electron chi connectivity index (χ4n) is 2.57. The quantitative estimate of drug-likeness (QED) is 0.729. The van der Waals surface area contributed by atoms with Gasteiger partial charge >= 0.3 is 6.03 Å². The first-order chi connectivity index (χ1) is 9.00. The number of nitrogens with one attached hydrogen (secondary N) is 1. The Balaban J connectivity index is 2.18. The van der Waals surface area contributed by atoms with Gasteiger partial charge in [-0.25, -0.2) is 4.79 Å². The van der Waals surface area contributed by atoms with Crippen LogP contribution in [0.25, 0.3) is 0 Å². The predicted octanol–water partition coefficient (Wildman–Crippen LogP) is 2.62. The first kappa shape index (κ1) is 16.3. The number of urea groups is 1. The molecular formula is C15H30N2O2. The highest BCUT2D eigenvalue weighted by molar-refractivity contribution is 5.74. The third kappa shape index (κ3) is 6.28. The second-order valence-corrected chi connectivity index (χ2v) is 6.21. The molecule has 19 heavy (non-hydrogen) atoms. The molecule has 0 spiro atoms. The number of likely N-dealkylation sites (tertiary alicyclic amines) is 1. The summed E-state index contributed by atoms with van der Waals surface area (Å²) < 4.78 is 0. The highest BCUT2D eigenvalue weighted by Gasteiger charge is 2.26. The first-order valence-corrected chi connectivity index (χ1v) is 7.71. The number of aliphatic hydroxyl groups is 1. The molecule has 2 unspecified atom stereocenters. The number of hydrogen-bond donors (Lipinski definition) is 2. The van der Waals surface area contributed by atoms with Crippen LogP contribution in [0.2, 0.25) is 0 Å². The number of aliphatic hydroxyl groups excluding tert-OH is 1. The number of nitrogens with zero attached hydrogens (tertiary/aromatic N) is 1. The zero-order valence-electron chi connectivity index (χ0n) is 12.7. The van der Waals surface area contributed by atoms with E-state index in [0.717, 1.165) is 38.3 Å². The summed E-state index contributed by atoms with van der Waals surface area (Å²) in [6.07, 6.45) is 5.16. The van der Waals surface area contributed by atoms with Gasteiger partial charge in [0, 0.05) is 25.6 Å². The fraction of sp³-hybridized carbons (Fsp3) is 0.933. The maximum atomic E-state index is 12.0. The minimum Gasteiger partial charge on any atom is -0.393 e. The van der Waals surface area contributed by atoms with Gasteiger partial charge in [-0.05, 0) is 32.1 Å². The van der Waals surface area contributed by atoms with Gasteiger partial charge in [-0.3, -0.25) is 0 Å². The summed E-state index contributed by atoms with van der Waals surface area (Å²) in [6, 6.07) is 0.0369. The van der Waals surface area contributed by atoms with E-state index < -0.39 is 0 Å². The van der Waals surface area contributed by atoms with Crippen molar-refractivity contribution in [2.75, 3.05) is 19.6 Å². The minimum absolute atomic E-state index is 0.0369. The van der Waals surface area contributed by atoms with Crippen LogP contribution in [-0.4, -0.2) is 41.8 Å². The largest absolute Gasteiger partial charge is 0.393 e. The Morgan fingerprint density at radius 2 is 2.11 bits per heavy atom. The van der Waals surface area contributed by atoms with Crippen LogP contribution in [-0.2, 0) is 0 Å². The molecule has 2 atom stereocenters. The minimum atomic E-state index is -0.318. The summed E-state index contributed by atoms with van der Waals surface area (Å²) in [4.78, 5) is 13.8. The summed E-state index contributed by atoms with van der Waals surface area (Å²) >= 11 is 0. The summed E-state index contributed by atoms with van der Waals surface area (Å²) in [5, 5.41) is 12.6. The van der Waals surface area contributed by atoms with Crippen molar-refractivity contribution in [1.82, 2.24) is 10.2 Å². The molecule has 0 aromatic carbocycles.